The topological polar surface area (TPSA) is 85.3 Å². The zero-order valence-corrected chi connectivity index (χ0v) is 17.5. The van der Waals surface area contributed by atoms with Gasteiger partial charge in [-0.1, -0.05) is 19.1 Å². The van der Waals surface area contributed by atoms with Gasteiger partial charge in [-0.15, -0.1) is 33.3 Å². The second-order valence-electron chi connectivity index (χ2n) is 6.36. The van der Waals surface area contributed by atoms with Crippen LogP contribution in [0.4, 0.5) is 0 Å². The first-order chi connectivity index (χ1) is 14.2. The summed E-state index contributed by atoms with van der Waals surface area (Å²) in [4.78, 5) is 19.1. The molecular formula is C20H20N4O3S2. The van der Waals surface area contributed by atoms with Crippen LogP contribution in [0, 0.1) is 0 Å². The first kappa shape index (κ1) is 19.7. The van der Waals surface area contributed by atoms with Crippen LogP contribution < -0.4 is 0 Å². The van der Waals surface area contributed by atoms with Crippen molar-refractivity contribution in [3.8, 4) is 11.7 Å². The summed E-state index contributed by atoms with van der Waals surface area (Å²) < 4.78 is 12.1. The van der Waals surface area contributed by atoms with E-state index in [1.54, 1.807) is 46.4 Å². The number of aromatic nitrogens is 3. The number of carbonyl (C=O) groups is 1. The summed E-state index contributed by atoms with van der Waals surface area (Å²) in [5, 5.41) is 9.07. The van der Waals surface area contributed by atoms with Gasteiger partial charge in [0.2, 0.25) is 11.8 Å². The molecule has 0 aliphatic heterocycles. The van der Waals surface area contributed by atoms with E-state index >= 15 is 0 Å². The molecule has 7 nitrogen and oxygen atoms in total. The molecule has 0 N–H and O–H groups in total. The lowest BCUT2D eigenvalue weighted by Gasteiger charge is -2.19. The number of thioether (sulfide) groups is 1. The normalized spacial score (nSPS) is 11.2. The molecule has 150 valence electrons. The molecule has 0 saturated heterocycles. The van der Waals surface area contributed by atoms with Gasteiger partial charge in [0.05, 0.1) is 28.8 Å². The van der Waals surface area contributed by atoms with Gasteiger partial charge in [0, 0.05) is 12.3 Å². The molecule has 0 atom stereocenters. The highest BCUT2D eigenvalue weighted by Crippen LogP contribution is 2.25. The molecule has 0 spiro atoms. The number of carbonyl (C=O) groups excluding carboxylic acids is 1. The van der Waals surface area contributed by atoms with Crippen LogP contribution >= 0.6 is 23.1 Å². The first-order valence-electron chi connectivity index (χ1n) is 9.29. The van der Waals surface area contributed by atoms with Crippen molar-refractivity contribution in [1.29, 1.82) is 0 Å². The first-order valence-corrected chi connectivity index (χ1v) is 11.3. The smallest absolute Gasteiger partial charge is 0.283 e. The van der Waals surface area contributed by atoms with Crippen molar-refractivity contribution in [3.05, 3.63) is 53.6 Å². The van der Waals surface area contributed by atoms with Crippen molar-refractivity contribution in [3.63, 3.8) is 0 Å². The minimum atomic E-state index is 0.0516. The van der Waals surface area contributed by atoms with Crippen LogP contribution in [0.2, 0.25) is 0 Å². The number of para-hydroxylation sites is 1. The van der Waals surface area contributed by atoms with Gasteiger partial charge in [-0.05, 0) is 30.7 Å². The summed E-state index contributed by atoms with van der Waals surface area (Å²) in [6.45, 7) is 2.97. The third kappa shape index (κ3) is 4.86. The van der Waals surface area contributed by atoms with Crippen LogP contribution in [-0.2, 0) is 17.1 Å². The van der Waals surface area contributed by atoms with Gasteiger partial charge in [0.25, 0.3) is 5.89 Å². The molecule has 3 heterocycles. The molecule has 3 aromatic heterocycles. The molecular weight excluding hydrogens is 408 g/mol. The number of nitrogens with zero attached hydrogens (tertiary/aromatic N) is 4. The maximum Gasteiger partial charge on any atom is 0.283 e. The van der Waals surface area contributed by atoms with Crippen molar-refractivity contribution in [2.75, 3.05) is 12.3 Å². The van der Waals surface area contributed by atoms with E-state index in [4.69, 9.17) is 8.83 Å². The number of furan rings is 1. The fourth-order valence-corrected chi connectivity index (χ4v) is 4.79. The molecule has 29 heavy (non-hydrogen) atoms. The predicted octanol–water partition coefficient (Wildman–Crippen LogP) is 4.61. The van der Waals surface area contributed by atoms with Crippen LogP contribution in [0.5, 0.6) is 0 Å². The molecule has 0 unspecified atom stereocenters. The molecule has 0 aliphatic rings. The largest absolute Gasteiger partial charge is 0.459 e. The third-order valence-electron chi connectivity index (χ3n) is 4.16. The molecule has 0 aliphatic carbocycles. The zero-order valence-electron chi connectivity index (χ0n) is 15.9. The second kappa shape index (κ2) is 9.23. The van der Waals surface area contributed by atoms with E-state index in [2.05, 4.69) is 21.2 Å². The molecule has 4 aromatic rings. The van der Waals surface area contributed by atoms with E-state index in [0.29, 0.717) is 42.1 Å². The van der Waals surface area contributed by atoms with Crippen molar-refractivity contribution < 1.29 is 13.6 Å². The molecule has 9 heteroatoms. The van der Waals surface area contributed by atoms with Gasteiger partial charge in [-0.3, -0.25) is 4.79 Å². The van der Waals surface area contributed by atoms with E-state index in [1.807, 2.05) is 25.1 Å². The van der Waals surface area contributed by atoms with Crippen LogP contribution in [0.15, 0.2) is 51.5 Å². The van der Waals surface area contributed by atoms with E-state index in [-0.39, 0.29) is 5.91 Å². The number of amides is 1. The predicted molar refractivity (Wildman–Crippen MR) is 113 cm³/mol. The fourth-order valence-electron chi connectivity index (χ4n) is 2.84. The SMILES string of the molecule is CCCN(Cc1nnc(-c2ccco2)o1)C(=O)CSCc1nc2ccccc2s1. The molecule has 0 fully saturated rings. The third-order valence-corrected chi connectivity index (χ3v) is 6.31. The minimum absolute atomic E-state index is 0.0516. The number of benzene rings is 1. The lowest BCUT2D eigenvalue weighted by Crippen LogP contribution is -2.32. The summed E-state index contributed by atoms with van der Waals surface area (Å²) in [6.07, 6.45) is 2.40. The molecule has 0 saturated carbocycles. The number of thiazole rings is 1. The average Bonchev–Trinajstić information content (AvgIpc) is 3.47. The summed E-state index contributed by atoms with van der Waals surface area (Å²) in [7, 11) is 0. The lowest BCUT2D eigenvalue weighted by atomic mass is 10.3. The summed E-state index contributed by atoms with van der Waals surface area (Å²) >= 11 is 3.25. The Morgan fingerprint density at radius 3 is 2.90 bits per heavy atom. The maximum absolute atomic E-state index is 12.7. The van der Waals surface area contributed by atoms with Gasteiger partial charge in [-0.2, -0.15) is 0 Å². The van der Waals surface area contributed by atoms with Crippen LogP contribution in [0.25, 0.3) is 21.9 Å². The highest BCUT2D eigenvalue weighted by molar-refractivity contribution is 7.99. The Bertz CT molecular complexity index is 1040. The summed E-state index contributed by atoms with van der Waals surface area (Å²) in [6, 6.07) is 11.6. The Morgan fingerprint density at radius 1 is 1.21 bits per heavy atom. The van der Waals surface area contributed by atoms with E-state index in [9.17, 15) is 4.79 Å². The van der Waals surface area contributed by atoms with Crippen molar-refractivity contribution in [1.82, 2.24) is 20.1 Å². The molecule has 1 amide bonds. The van der Waals surface area contributed by atoms with E-state index in [1.165, 1.54) is 4.70 Å². The molecule has 0 radical (unpaired) electrons. The lowest BCUT2D eigenvalue weighted by molar-refractivity contribution is -0.129. The Labute approximate surface area is 176 Å². The monoisotopic (exact) mass is 428 g/mol. The molecule has 4 rings (SSSR count). The fraction of sp³-hybridized carbons (Fsp3) is 0.300. The van der Waals surface area contributed by atoms with Gasteiger partial charge < -0.3 is 13.7 Å². The van der Waals surface area contributed by atoms with Gasteiger partial charge in [0.1, 0.15) is 5.01 Å². The van der Waals surface area contributed by atoms with E-state index in [0.717, 1.165) is 16.9 Å². The van der Waals surface area contributed by atoms with Crippen molar-refractivity contribution in [2.45, 2.75) is 25.6 Å². The van der Waals surface area contributed by atoms with Gasteiger partial charge in [-0.25, -0.2) is 4.98 Å². The zero-order chi connectivity index (χ0) is 20.1. The van der Waals surface area contributed by atoms with Gasteiger partial charge >= 0.3 is 0 Å². The average molecular weight is 429 g/mol. The molecule has 1 aromatic carbocycles. The minimum Gasteiger partial charge on any atom is -0.459 e. The number of hydrogen-bond acceptors (Lipinski definition) is 8. The second-order valence-corrected chi connectivity index (χ2v) is 8.46. The number of hydrogen-bond donors (Lipinski definition) is 0. The van der Waals surface area contributed by atoms with Crippen molar-refractivity contribution in [2.24, 2.45) is 0 Å². The van der Waals surface area contributed by atoms with Crippen LogP contribution in [0.1, 0.15) is 24.2 Å². The Hall–Kier alpha value is -2.65. The Kier molecular flexibility index (Phi) is 6.26. The highest BCUT2D eigenvalue weighted by atomic mass is 32.2. The standard InChI is InChI=1S/C20H20N4O3S2/c1-2-9-24(11-17-22-23-20(27-17)15-7-5-10-26-15)19(25)13-28-12-18-21-14-6-3-4-8-16(14)29-18/h3-8,10H,2,9,11-13H2,1H3. The quantitative estimate of drug-likeness (QED) is 0.385. The molecule has 0 bridgehead atoms. The van der Waals surface area contributed by atoms with E-state index < -0.39 is 0 Å². The van der Waals surface area contributed by atoms with Crippen molar-refractivity contribution >= 4 is 39.2 Å². The van der Waals surface area contributed by atoms with Crippen LogP contribution in [-0.4, -0.2) is 38.3 Å². The summed E-state index contributed by atoms with van der Waals surface area (Å²) in [5.41, 5.74) is 1.01. The number of rotatable bonds is 9. The Balaban J connectivity index is 1.33. The highest BCUT2D eigenvalue weighted by Gasteiger charge is 2.18. The summed E-state index contributed by atoms with van der Waals surface area (Å²) in [5.74, 6) is 2.39. The van der Waals surface area contributed by atoms with Gasteiger partial charge in [0.15, 0.2) is 5.76 Å². The number of fused-ring (bicyclic) bond motifs is 1. The maximum atomic E-state index is 12.7. The Morgan fingerprint density at radius 2 is 2.10 bits per heavy atom. The van der Waals surface area contributed by atoms with Crippen LogP contribution in [0.3, 0.4) is 0 Å².